The Labute approximate surface area is 53.5 Å². The van der Waals surface area contributed by atoms with E-state index >= 15 is 0 Å². The molecule has 0 N–H and O–H groups in total. The second-order valence-corrected chi connectivity index (χ2v) is 2.02. The van der Waals surface area contributed by atoms with Crippen molar-refractivity contribution in [3.63, 3.8) is 0 Å². The highest BCUT2D eigenvalue weighted by Crippen LogP contribution is 2.21. The van der Waals surface area contributed by atoms with E-state index in [0.717, 1.165) is 18.8 Å². The number of fused-ring (bicyclic) bond motifs is 1. The lowest BCUT2D eigenvalue weighted by Gasteiger charge is -1.92. The average Bonchev–Trinajstić information content (AvgIpc) is 2.33. The van der Waals surface area contributed by atoms with Crippen LogP contribution in [0.5, 0.6) is 5.75 Å². The molecule has 1 aromatic heterocycles. The maximum Gasteiger partial charge on any atom is 0.140 e. The number of ether oxygens (including phenoxy) is 1. The van der Waals surface area contributed by atoms with Gasteiger partial charge in [-0.25, -0.2) is 0 Å². The van der Waals surface area contributed by atoms with Gasteiger partial charge in [-0.15, -0.1) is 0 Å². The van der Waals surface area contributed by atoms with Crippen molar-refractivity contribution in [2.24, 2.45) is 0 Å². The molecule has 0 aliphatic carbocycles. The van der Waals surface area contributed by atoms with Gasteiger partial charge in [0, 0.05) is 12.0 Å². The monoisotopic (exact) mass is 120 g/mol. The molecule has 0 aromatic carbocycles. The molecule has 0 amide bonds. The molecule has 0 saturated carbocycles. The summed E-state index contributed by atoms with van der Waals surface area (Å²) in [5.41, 5.74) is 1.23. The number of aromatic nitrogens is 1. The number of hydrogen-bond donors (Lipinski definition) is 0. The van der Waals surface area contributed by atoms with Gasteiger partial charge in [-0.05, 0) is 6.07 Å². The second kappa shape index (κ2) is 1.72. The summed E-state index contributed by atoms with van der Waals surface area (Å²) in [6.45, 7) is 0.800. The first-order chi connectivity index (χ1) is 4.47. The van der Waals surface area contributed by atoms with Crippen molar-refractivity contribution in [3.05, 3.63) is 24.0 Å². The van der Waals surface area contributed by atoms with Gasteiger partial charge in [0.15, 0.2) is 0 Å². The Morgan fingerprint density at radius 1 is 1.67 bits per heavy atom. The Morgan fingerprint density at radius 3 is 3.56 bits per heavy atom. The Morgan fingerprint density at radius 2 is 2.67 bits per heavy atom. The average molecular weight is 120 g/mol. The summed E-state index contributed by atoms with van der Waals surface area (Å²) in [6, 6.07) is 1.88. The lowest BCUT2D eigenvalue weighted by Crippen LogP contribution is -1.85. The minimum Gasteiger partial charge on any atom is -0.491 e. The Balaban J connectivity index is 2.54. The van der Waals surface area contributed by atoms with Gasteiger partial charge in [-0.2, -0.15) is 0 Å². The van der Waals surface area contributed by atoms with E-state index in [1.165, 1.54) is 5.56 Å². The molecule has 0 bridgehead atoms. The highest BCUT2D eigenvalue weighted by atomic mass is 16.5. The highest BCUT2D eigenvalue weighted by molar-refractivity contribution is 5.32. The summed E-state index contributed by atoms with van der Waals surface area (Å²) in [5.74, 6) is 0.925. The Hall–Kier alpha value is -1.05. The smallest absolute Gasteiger partial charge is 0.140 e. The van der Waals surface area contributed by atoms with E-state index in [2.05, 4.69) is 11.2 Å². The SMILES string of the molecule is [c]1cc2c(cn1)OCC2. The van der Waals surface area contributed by atoms with Gasteiger partial charge < -0.3 is 4.74 Å². The summed E-state index contributed by atoms with van der Waals surface area (Å²) in [4.78, 5) is 3.81. The van der Waals surface area contributed by atoms with Crippen LogP contribution in [0.4, 0.5) is 0 Å². The van der Waals surface area contributed by atoms with Crippen molar-refractivity contribution < 1.29 is 4.74 Å². The van der Waals surface area contributed by atoms with Crippen molar-refractivity contribution in [1.29, 1.82) is 0 Å². The lowest BCUT2D eigenvalue weighted by molar-refractivity contribution is 0.355. The zero-order valence-corrected chi connectivity index (χ0v) is 4.92. The summed E-state index contributed by atoms with van der Waals surface area (Å²) in [6.07, 6.45) is 5.48. The van der Waals surface area contributed by atoms with Crippen molar-refractivity contribution in [2.45, 2.75) is 6.42 Å². The quantitative estimate of drug-likeness (QED) is 0.505. The Bertz CT molecular complexity index is 199. The number of hydrogen-bond acceptors (Lipinski definition) is 2. The van der Waals surface area contributed by atoms with Crippen LogP contribution in [0, 0.1) is 6.20 Å². The minimum absolute atomic E-state index is 0.800. The highest BCUT2D eigenvalue weighted by Gasteiger charge is 2.09. The van der Waals surface area contributed by atoms with E-state index in [0.29, 0.717) is 0 Å². The van der Waals surface area contributed by atoms with E-state index in [1.807, 2.05) is 6.07 Å². The minimum atomic E-state index is 0.800. The molecule has 0 spiro atoms. The van der Waals surface area contributed by atoms with Crippen LogP contribution in [-0.2, 0) is 6.42 Å². The van der Waals surface area contributed by atoms with Gasteiger partial charge in [0.05, 0.1) is 19.0 Å². The molecular formula is C7H6NO. The molecule has 2 heterocycles. The molecule has 2 nitrogen and oxygen atoms in total. The molecule has 1 aliphatic rings. The summed E-state index contributed by atoms with van der Waals surface area (Å²) < 4.78 is 5.22. The summed E-state index contributed by atoms with van der Waals surface area (Å²) >= 11 is 0. The largest absolute Gasteiger partial charge is 0.491 e. The first-order valence-electron chi connectivity index (χ1n) is 2.94. The van der Waals surface area contributed by atoms with E-state index in [9.17, 15) is 0 Å². The van der Waals surface area contributed by atoms with Crippen LogP contribution >= 0.6 is 0 Å². The molecule has 0 atom stereocenters. The number of pyridine rings is 1. The third kappa shape index (κ3) is 0.669. The first-order valence-corrected chi connectivity index (χ1v) is 2.94. The molecule has 2 heteroatoms. The van der Waals surface area contributed by atoms with Gasteiger partial charge in [0.1, 0.15) is 5.75 Å². The third-order valence-corrected chi connectivity index (χ3v) is 1.44. The van der Waals surface area contributed by atoms with E-state index in [1.54, 1.807) is 6.20 Å². The van der Waals surface area contributed by atoms with Gasteiger partial charge in [0.2, 0.25) is 0 Å². The van der Waals surface area contributed by atoms with Crippen LogP contribution in [0.1, 0.15) is 5.56 Å². The zero-order valence-electron chi connectivity index (χ0n) is 4.92. The second-order valence-electron chi connectivity index (χ2n) is 2.02. The van der Waals surface area contributed by atoms with Crippen LogP contribution in [-0.4, -0.2) is 11.6 Å². The number of rotatable bonds is 0. The summed E-state index contributed by atoms with van der Waals surface area (Å²) in [5, 5.41) is 0. The molecule has 0 saturated heterocycles. The standard InChI is InChI=1S/C7H6NO/c1-3-8-5-7-6(1)2-4-9-7/h1,5H,2,4H2. The molecule has 2 rings (SSSR count). The molecule has 9 heavy (non-hydrogen) atoms. The fraction of sp³-hybridized carbons (Fsp3) is 0.286. The first kappa shape index (κ1) is 4.79. The predicted octanol–water partition coefficient (Wildman–Crippen LogP) is 0.817. The summed E-state index contributed by atoms with van der Waals surface area (Å²) in [7, 11) is 0. The fourth-order valence-electron chi connectivity index (χ4n) is 0.961. The van der Waals surface area contributed by atoms with Crippen LogP contribution < -0.4 is 4.74 Å². The number of nitrogens with zero attached hydrogens (tertiary/aromatic N) is 1. The van der Waals surface area contributed by atoms with Crippen LogP contribution in [0.3, 0.4) is 0 Å². The molecule has 1 radical (unpaired) electrons. The topological polar surface area (TPSA) is 22.1 Å². The molecule has 0 fully saturated rings. The Kier molecular flexibility index (Phi) is 0.918. The lowest BCUT2D eigenvalue weighted by atomic mass is 10.2. The maximum absolute atomic E-state index is 5.22. The molecule has 1 aliphatic heterocycles. The van der Waals surface area contributed by atoms with E-state index in [4.69, 9.17) is 4.74 Å². The third-order valence-electron chi connectivity index (χ3n) is 1.44. The van der Waals surface area contributed by atoms with Crippen molar-refractivity contribution in [2.75, 3.05) is 6.61 Å². The van der Waals surface area contributed by atoms with Gasteiger partial charge in [-0.1, -0.05) is 0 Å². The maximum atomic E-state index is 5.22. The van der Waals surface area contributed by atoms with Crippen LogP contribution in [0.2, 0.25) is 0 Å². The van der Waals surface area contributed by atoms with Crippen LogP contribution in [0.15, 0.2) is 12.3 Å². The van der Waals surface area contributed by atoms with Crippen LogP contribution in [0.25, 0.3) is 0 Å². The van der Waals surface area contributed by atoms with Crippen molar-refractivity contribution in [1.82, 2.24) is 4.98 Å². The normalized spacial score (nSPS) is 14.7. The van der Waals surface area contributed by atoms with E-state index < -0.39 is 0 Å². The van der Waals surface area contributed by atoms with Crippen molar-refractivity contribution in [3.8, 4) is 5.75 Å². The molecule has 0 unspecified atom stereocenters. The fourth-order valence-corrected chi connectivity index (χ4v) is 0.961. The predicted molar refractivity (Wildman–Crippen MR) is 32.3 cm³/mol. The molecular weight excluding hydrogens is 114 g/mol. The van der Waals surface area contributed by atoms with Gasteiger partial charge >= 0.3 is 0 Å². The zero-order chi connectivity index (χ0) is 6.10. The van der Waals surface area contributed by atoms with Crippen molar-refractivity contribution >= 4 is 0 Å². The molecule has 45 valence electrons. The van der Waals surface area contributed by atoms with Gasteiger partial charge in [0.25, 0.3) is 0 Å². The van der Waals surface area contributed by atoms with Gasteiger partial charge in [-0.3, -0.25) is 4.98 Å². The van der Waals surface area contributed by atoms with E-state index in [-0.39, 0.29) is 0 Å². The molecule has 1 aromatic rings.